The number of hydrogen-bond donors (Lipinski definition) is 0. The van der Waals surface area contributed by atoms with Crippen molar-refractivity contribution in [3.63, 3.8) is 0 Å². The molecule has 2 aromatic carbocycles. The molecular weight excluding hydrogens is 432 g/mol. The van der Waals surface area contributed by atoms with Crippen LogP contribution in [-0.2, 0) is 16.0 Å². The van der Waals surface area contributed by atoms with E-state index in [1.807, 2.05) is 40.6 Å². The Morgan fingerprint density at radius 2 is 1.87 bits per heavy atom. The number of fused-ring (bicyclic) bond motifs is 1. The second-order valence-electron chi connectivity index (χ2n) is 7.35. The average molecular weight is 451 g/mol. The molecule has 2 aliphatic rings. The smallest absolute Gasteiger partial charge is 0.282 e. The van der Waals surface area contributed by atoms with Crippen molar-refractivity contribution in [1.82, 2.24) is 0 Å². The highest BCUT2D eigenvalue weighted by molar-refractivity contribution is 7.11. The third kappa shape index (κ3) is 3.23. The summed E-state index contributed by atoms with van der Waals surface area (Å²) < 4.78 is 5.21. The number of rotatable bonds is 4. The topological polar surface area (TPSA) is 49.9 Å². The largest absolute Gasteiger partial charge is 0.495 e. The minimum Gasteiger partial charge on any atom is -0.495 e. The van der Waals surface area contributed by atoms with Crippen LogP contribution in [-0.4, -0.2) is 25.5 Å². The summed E-state index contributed by atoms with van der Waals surface area (Å²) in [6, 6.07) is 16.8. The van der Waals surface area contributed by atoms with Crippen molar-refractivity contribution in [2.24, 2.45) is 0 Å². The summed E-state index contributed by atoms with van der Waals surface area (Å²) in [6.45, 7) is 0.678. The van der Waals surface area contributed by atoms with E-state index in [2.05, 4.69) is 6.07 Å². The van der Waals surface area contributed by atoms with Crippen molar-refractivity contribution >= 4 is 51.7 Å². The molecule has 3 heterocycles. The molecule has 3 aromatic rings. The fourth-order valence-corrected chi connectivity index (χ4v) is 5.22. The minimum atomic E-state index is -0.341. The summed E-state index contributed by atoms with van der Waals surface area (Å²) in [6.07, 6.45) is 1.86. The average Bonchev–Trinajstić information content (AvgIpc) is 3.39. The summed E-state index contributed by atoms with van der Waals surface area (Å²) in [5.74, 6) is -0.195. The standard InChI is InChI=1S/C24H19ClN2O3S/c1-30-19-11-10-16(14-17(19)25)27-23(28)21(20-9-5-13-31-20)22(24(27)29)26-12-4-7-15-6-2-3-8-18(15)26/h2-3,5-6,8-11,13-14H,4,7,12H2,1H3. The van der Waals surface area contributed by atoms with Crippen LogP contribution < -0.4 is 14.5 Å². The molecule has 0 spiro atoms. The third-order valence-electron chi connectivity index (χ3n) is 5.60. The molecule has 0 saturated carbocycles. The first-order valence-corrected chi connectivity index (χ1v) is 11.2. The van der Waals surface area contributed by atoms with Crippen LogP contribution in [0.15, 0.2) is 65.7 Å². The monoisotopic (exact) mass is 450 g/mol. The predicted octanol–water partition coefficient (Wildman–Crippen LogP) is 5.15. The van der Waals surface area contributed by atoms with E-state index in [1.54, 1.807) is 18.2 Å². The van der Waals surface area contributed by atoms with Crippen LogP contribution in [0.4, 0.5) is 11.4 Å². The maximum Gasteiger partial charge on any atom is 0.282 e. The molecule has 0 bridgehead atoms. The van der Waals surface area contributed by atoms with Gasteiger partial charge in [0.25, 0.3) is 11.8 Å². The predicted molar refractivity (Wildman–Crippen MR) is 124 cm³/mol. The first kappa shape index (κ1) is 19.8. The second kappa shape index (κ2) is 7.87. The quantitative estimate of drug-likeness (QED) is 0.516. The van der Waals surface area contributed by atoms with Gasteiger partial charge in [0.15, 0.2) is 0 Å². The number of aryl methyl sites for hydroxylation is 1. The molecule has 5 nitrogen and oxygen atoms in total. The van der Waals surface area contributed by atoms with Gasteiger partial charge in [-0.1, -0.05) is 35.9 Å². The Bertz CT molecular complexity index is 1220. The second-order valence-corrected chi connectivity index (χ2v) is 8.70. The van der Waals surface area contributed by atoms with Crippen LogP contribution in [0, 0.1) is 0 Å². The molecule has 31 heavy (non-hydrogen) atoms. The van der Waals surface area contributed by atoms with Crippen molar-refractivity contribution in [2.45, 2.75) is 12.8 Å². The zero-order valence-electron chi connectivity index (χ0n) is 16.8. The molecule has 1 aromatic heterocycles. The zero-order valence-corrected chi connectivity index (χ0v) is 18.4. The van der Waals surface area contributed by atoms with Crippen LogP contribution in [0.2, 0.25) is 5.02 Å². The Hall–Kier alpha value is -3.09. The highest BCUT2D eigenvalue weighted by atomic mass is 35.5. The summed E-state index contributed by atoms with van der Waals surface area (Å²) in [5.41, 5.74) is 3.44. The molecular formula is C24H19ClN2O3S. The number of amides is 2. The zero-order chi connectivity index (χ0) is 21.5. The molecule has 0 aliphatic carbocycles. The van der Waals surface area contributed by atoms with E-state index in [-0.39, 0.29) is 11.8 Å². The minimum absolute atomic E-state index is 0.341. The van der Waals surface area contributed by atoms with Crippen LogP contribution in [0.5, 0.6) is 5.75 Å². The van der Waals surface area contributed by atoms with E-state index in [9.17, 15) is 9.59 Å². The molecule has 156 valence electrons. The SMILES string of the molecule is COc1ccc(N2C(=O)C(c3cccs3)=C(N3CCCc4ccccc43)C2=O)cc1Cl. The maximum absolute atomic E-state index is 13.7. The third-order valence-corrected chi connectivity index (χ3v) is 6.78. The Morgan fingerprint density at radius 3 is 2.61 bits per heavy atom. The molecule has 5 rings (SSSR count). The number of nitrogens with zero attached hydrogens (tertiary/aromatic N) is 2. The molecule has 7 heteroatoms. The highest BCUT2D eigenvalue weighted by Gasteiger charge is 2.44. The Labute approximate surface area is 189 Å². The van der Waals surface area contributed by atoms with E-state index in [0.717, 1.165) is 23.4 Å². The molecule has 0 saturated heterocycles. The van der Waals surface area contributed by atoms with Crippen molar-refractivity contribution in [3.05, 3.63) is 81.1 Å². The Balaban J connectivity index is 1.66. The number of hydrogen-bond acceptors (Lipinski definition) is 5. The number of carbonyl (C=O) groups is 2. The fourth-order valence-electron chi connectivity index (χ4n) is 4.21. The first-order chi connectivity index (χ1) is 15.1. The number of carbonyl (C=O) groups excluding carboxylic acids is 2. The summed E-state index contributed by atoms with van der Waals surface area (Å²) in [5, 5.41) is 2.25. The van der Waals surface area contributed by atoms with Gasteiger partial charge in [0, 0.05) is 17.1 Å². The number of methoxy groups -OCH3 is 1. The van der Waals surface area contributed by atoms with E-state index < -0.39 is 0 Å². The van der Waals surface area contributed by atoms with Crippen molar-refractivity contribution < 1.29 is 14.3 Å². The van der Waals surface area contributed by atoms with E-state index in [4.69, 9.17) is 16.3 Å². The van der Waals surface area contributed by atoms with E-state index in [0.29, 0.717) is 34.3 Å². The van der Waals surface area contributed by atoms with Crippen molar-refractivity contribution in [2.75, 3.05) is 23.5 Å². The number of para-hydroxylation sites is 1. The maximum atomic E-state index is 13.7. The lowest BCUT2D eigenvalue weighted by molar-refractivity contribution is -0.120. The summed E-state index contributed by atoms with van der Waals surface area (Å²) in [4.78, 5) is 31.3. The Kier molecular flexibility index (Phi) is 5.04. The number of benzene rings is 2. The summed E-state index contributed by atoms with van der Waals surface area (Å²) >= 11 is 7.75. The van der Waals surface area contributed by atoms with Crippen LogP contribution in [0.1, 0.15) is 16.9 Å². The lowest BCUT2D eigenvalue weighted by Crippen LogP contribution is -2.37. The van der Waals surface area contributed by atoms with Gasteiger partial charge in [-0.2, -0.15) is 0 Å². The number of imide groups is 1. The number of ether oxygens (including phenoxy) is 1. The van der Waals surface area contributed by atoms with Gasteiger partial charge in [0.05, 0.1) is 23.4 Å². The van der Waals surface area contributed by atoms with Gasteiger partial charge in [0.1, 0.15) is 11.4 Å². The van der Waals surface area contributed by atoms with E-state index in [1.165, 1.54) is 28.9 Å². The van der Waals surface area contributed by atoms with Crippen LogP contribution >= 0.6 is 22.9 Å². The number of thiophene rings is 1. The number of halogens is 1. The molecule has 0 fully saturated rings. The molecule has 2 aliphatic heterocycles. The van der Waals surface area contributed by atoms with Gasteiger partial charge in [0.2, 0.25) is 0 Å². The molecule has 0 unspecified atom stereocenters. The molecule has 0 atom stereocenters. The van der Waals surface area contributed by atoms with Gasteiger partial charge < -0.3 is 9.64 Å². The first-order valence-electron chi connectivity index (χ1n) is 9.96. The molecule has 0 N–H and O–H groups in total. The lowest BCUT2D eigenvalue weighted by Gasteiger charge is -2.32. The van der Waals surface area contributed by atoms with Crippen LogP contribution in [0.25, 0.3) is 5.57 Å². The van der Waals surface area contributed by atoms with E-state index >= 15 is 0 Å². The normalized spacial score (nSPS) is 16.2. The van der Waals surface area contributed by atoms with Crippen molar-refractivity contribution in [1.29, 1.82) is 0 Å². The van der Waals surface area contributed by atoms with Gasteiger partial charge in [-0.3, -0.25) is 9.59 Å². The van der Waals surface area contributed by atoms with Gasteiger partial charge in [-0.25, -0.2) is 4.90 Å². The molecule has 0 radical (unpaired) electrons. The van der Waals surface area contributed by atoms with Gasteiger partial charge in [-0.15, -0.1) is 11.3 Å². The van der Waals surface area contributed by atoms with Crippen molar-refractivity contribution in [3.8, 4) is 5.75 Å². The number of anilines is 2. The summed E-state index contributed by atoms with van der Waals surface area (Å²) in [7, 11) is 1.52. The lowest BCUT2D eigenvalue weighted by atomic mass is 10.00. The Morgan fingerprint density at radius 1 is 1.03 bits per heavy atom. The highest BCUT2D eigenvalue weighted by Crippen LogP contribution is 2.41. The van der Waals surface area contributed by atoms with Crippen LogP contribution in [0.3, 0.4) is 0 Å². The van der Waals surface area contributed by atoms with Gasteiger partial charge in [-0.05, 0) is 54.1 Å². The molecule has 2 amide bonds. The van der Waals surface area contributed by atoms with Gasteiger partial charge >= 0.3 is 0 Å². The fraction of sp³-hybridized carbons (Fsp3) is 0.167.